The van der Waals surface area contributed by atoms with E-state index >= 15 is 0 Å². The Kier molecular flexibility index (Phi) is 6.08. The Morgan fingerprint density at radius 3 is 2.65 bits per heavy atom. The maximum Gasteiger partial charge on any atom is 0.277 e. The number of aliphatic imine (C=N–C) groups is 1. The maximum absolute atomic E-state index is 12.1. The molecule has 2 aromatic rings. The van der Waals surface area contributed by atoms with Crippen molar-refractivity contribution in [2.45, 2.75) is 6.92 Å². The maximum atomic E-state index is 12.1. The average Bonchev–Trinajstić information content (AvgIpc) is 3.24. The molecule has 0 aromatic carbocycles. The Balaban J connectivity index is 1.65. The van der Waals surface area contributed by atoms with Crippen LogP contribution in [0, 0.1) is 0 Å². The molecule has 0 radical (unpaired) electrons. The molecule has 1 amide bonds. The van der Waals surface area contributed by atoms with Gasteiger partial charge in [-0.15, -0.1) is 22.7 Å². The summed E-state index contributed by atoms with van der Waals surface area (Å²) in [7, 11) is 5.49. The zero-order valence-electron chi connectivity index (χ0n) is 15.4. The fourth-order valence-electron chi connectivity index (χ4n) is 2.50. The van der Waals surface area contributed by atoms with Gasteiger partial charge in [-0.2, -0.15) is 0 Å². The van der Waals surface area contributed by atoms with Crippen molar-refractivity contribution in [1.82, 2.24) is 4.90 Å². The molecular formula is C18H23N3O3S2. The van der Waals surface area contributed by atoms with Crippen LogP contribution in [0.5, 0.6) is 0 Å². The summed E-state index contributed by atoms with van der Waals surface area (Å²) in [5.41, 5.74) is 0.504. The van der Waals surface area contributed by atoms with Crippen molar-refractivity contribution < 1.29 is 14.3 Å². The molecule has 140 valence electrons. The van der Waals surface area contributed by atoms with Crippen LogP contribution in [0.25, 0.3) is 15.5 Å². The molecule has 0 fully saturated rings. The predicted octanol–water partition coefficient (Wildman–Crippen LogP) is 3.29. The highest BCUT2D eigenvalue weighted by Gasteiger charge is 2.23. The molecule has 0 spiro atoms. The van der Waals surface area contributed by atoms with Gasteiger partial charge in [0.2, 0.25) is 0 Å². The molecule has 8 heteroatoms. The molecule has 26 heavy (non-hydrogen) atoms. The smallest absolute Gasteiger partial charge is 0.277 e. The van der Waals surface area contributed by atoms with E-state index in [4.69, 9.17) is 9.47 Å². The fraction of sp³-hybridized carbons (Fsp3) is 0.444. The molecule has 0 atom stereocenters. The first-order valence-corrected chi connectivity index (χ1v) is 9.99. The number of ether oxygens (including phenoxy) is 2. The number of hydrogen-bond acceptors (Lipinski definition) is 7. The Hall–Kier alpha value is -1.74. The lowest BCUT2D eigenvalue weighted by molar-refractivity contribution is -0.121. The van der Waals surface area contributed by atoms with E-state index in [0.717, 1.165) is 17.3 Å². The number of carbonyl (C=O) groups excluding carboxylic acids is 1. The summed E-state index contributed by atoms with van der Waals surface area (Å²) < 4.78 is 12.9. The molecule has 0 unspecified atom stereocenters. The zero-order chi connectivity index (χ0) is 18.7. The van der Waals surface area contributed by atoms with Crippen LogP contribution in [0.1, 0.15) is 11.8 Å². The average molecular weight is 394 g/mol. The van der Waals surface area contributed by atoms with Gasteiger partial charge in [0.05, 0.1) is 24.8 Å². The summed E-state index contributed by atoms with van der Waals surface area (Å²) in [6.07, 6.45) is 1.87. The van der Waals surface area contributed by atoms with Gasteiger partial charge in [-0.3, -0.25) is 9.69 Å². The van der Waals surface area contributed by atoms with Gasteiger partial charge >= 0.3 is 0 Å². The topological polar surface area (TPSA) is 54.4 Å². The summed E-state index contributed by atoms with van der Waals surface area (Å²) >= 11 is 3.43. The SMILES string of the molecule is COCCOCCN(C)c1cc2sc(/C=C3\N=C(C)N(C)C3=O)cc2s1. The van der Waals surface area contributed by atoms with E-state index in [0.29, 0.717) is 25.5 Å². The molecule has 3 heterocycles. The van der Waals surface area contributed by atoms with Gasteiger partial charge in [0.25, 0.3) is 5.91 Å². The van der Waals surface area contributed by atoms with Crippen LogP contribution in [-0.2, 0) is 14.3 Å². The minimum Gasteiger partial charge on any atom is -0.382 e. The molecule has 0 bridgehead atoms. The van der Waals surface area contributed by atoms with Crippen molar-refractivity contribution in [3.05, 3.63) is 22.7 Å². The highest BCUT2D eigenvalue weighted by molar-refractivity contribution is 7.30. The molecule has 0 saturated carbocycles. The van der Waals surface area contributed by atoms with E-state index in [1.165, 1.54) is 14.4 Å². The van der Waals surface area contributed by atoms with Crippen molar-refractivity contribution in [3.63, 3.8) is 0 Å². The lowest BCUT2D eigenvalue weighted by atomic mass is 10.3. The van der Waals surface area contributed by atoms with Gasteiger partial charge < -0.3 is 14.4 Å². The Morgan fingerprint density at radius 1 is 1.23 bits per heavy atom. The van der Waals surface area contributed by atoms with Crippen molar-refractivity contribution in [1.29, 1.82) is 0 Å². The number of amidine groups is 1. The fourth-order valence-corrected chi connectivity index (χ4v) is 4.83. The van der Waals surface area contributed by atoms with Gasteiger partial charge in [0.15, 0.2) is 0 Å². The molecule has 0 saturated heterocycles. The second-order valence-electron chi connectivity index (χ2n) is 6.04. The lowest BCUT2D eigenvalue weighted by Crippen LogP contribution is -2.25. The highest BCUT2D eigenvalue weighted by atomic mass is 32.1. The van der Waals surface area contributed by atoms with Crippen LogP contribution >= 0.6 is 22.7 Å². The van der Waals surface area contributed by atoms with Gasteiger partial charge in [0, 0.05) is 42.0 Å². The largest absolute Gasteiger partial charge is 0.382 e. The third-order valence-corrected chi connectivity index (χ3v) is 6.52. The molecule has 1 aliphatic heterocycles. The number of rotatable bonds is 8. The van der Waals surface area contributed by atoms with Crippen molar-refractivity contribution in [2.24, 2.45) is 4.99 Å². The van der Waals surface area contributed by atoms with Gasteiger partial charge in [-0.1, -0.05) is 0 Å². The lowest BCUT2D eigenvalue weighted by Gasteiger charge is -2.16. The van der Waals surface area contributed by atoms with Gasteiger partial charge in [0.1, 0.15) is 11.5 Å². The van der Waals surface area contributed by atoms with E-state index in [-0.39, 0.29) is 5.91 Å². The predicted molar refractivity (Wildman–Crippen MR) is 110 cm³/mol. The molecule has 2 aromatic heterocycles. The van der Waals surface area contributed by atoms with Gasteiger partial charge in [-0.05, 0) is 25.1 Å². The van der Waals surface area contributed by atoms with Crippen LogP contribution in [0.4, 0.5) is 5.00 Å². The van der Waals surface area contributed by atoms with E-state index in [2.05, 4.69) is 29.1 Å². The van der Waals surface area contributed by atoms with Crippen molar-refractivity contribution in [3.8, 4) is 0 Å². The van der Waals surface area contributed by atoms with E-state index < -0.39 is 0 Å². The second-order valence-corrected chi connectivity index (χ2v) is 8.22. The molecule has 3 rings (SSSR count). The Bertz CT molecular complexity index is 822. The van der Waals surface area contributed by atoms with Crippen LogP contribution < -0.4 is 4.90 Å². The van der Waals surface area contributed by atoms with Gasteiger partial charge in [-0.25, -0.2) is 4.99 Å². The van der Waals surface area contributed by atoms with Crippen LogP contribution in [-0.4, -0.2) is 64.2 Å². The molecule has 1 aliphatic rings. The first kappa shape index (κ1) is 19.0. The molecule has 6 nitrogen and oxygen atoms in total. The molecule has 0 N–H and O–H groups in total. The van der Waals surface area contributed by atoms with Crippen molar-refractivity contribution in [2.75, 3.05) is 52.5 Å². The number of amides is 1. The van der Waals surface area contributed by atoms with E-state index in [1.807, 2.05) is 13.0 Å². The summed E-state index contributed by atoms with van der Waals surface area (Å²) in [5, 5.41) is 1.21. The van der Waals surface area contributed by atoms with Crippen LogP contribution in [0.15, 0.2) is 22.8 Å². The minimum atomic E-state index is -0.0480. The first-order chi connectivity index (χ1) is 12.5. The quantitative estimate of drug-likeness (QED) is 0.510. The first-order valence-electron chi connectivity index (χ1n) is 8.36. The Labute approximate surface area is 161 Å². The number of carbonyl (C=O) groups is 1. The monoisotopic (exact) mass is 393 g/mol. The number of methoxy groups -OCH3 is 1. The minimum absolute atomic E-state index is 0.0480. The summed E-state index contributed by atoms with van der Waals surface area (Å²) in [6.45, 7) is 4.60. The third-order valence-electron chi connectivity index (χ3n) is 4.16. The van der Waals surface area contributed by atoms with Crippen LogP contribution in [0.3, 0.4) is 0 Å². The number of nitrogens with zero attached hydrogens (tertiary/aromatic N) is 3. The van der Waals surface area contributed by atoms with Crippen LogP contribution in [0.2, 0.25) is 0 Å². The molecular weight excluding hydrogens is 370 g/mol. The number of anilines is 1. The summed E-state index contributed by atoms with van der Waals surface area (Å²) in [4.78, 5) is 21.3. The highest BCUT2D eigenvalue weighted by Crippen LogP contribution is 2.38. The van der Waals surface area contributed by atoms with E-state index in [9.17, 15) is 4.79 Å². The standard InChI is InChI=1S/C18H23N3O3S2/c1-12-19-14(18(22)21(12)3)9-13-10-15-16(25-13)11-17(26-15)20(2)5-6-24-8-7-23-4/h9-11H,5-8H2,1-4H3/b14-9-. The summed E-state index contributed by atoms with van der Waals surface area (Å²) in [6, 6.07) is 4.32. The second kappa shape index (κ2) is 8.30. The normalized spacial score (nSPS) is 16.2. The van der Waals surface area contributed by atoms with Crippen molar-refractivity contribution >= 4 is 54.9 Å². The summed E-state index contributed by atoms with van der Waals surface area (Å²) in [5.74, 6) is 0.685. The third kappa shape index (κ3) is 4.15. The van der Waals surface area contributed by atoms with E-state index in [1.54, 1.807) is 41.7 Å². The number of likely N-dealkylation sites (N-methyl/N-ethyl adjacent to an activating group) is 2. The number of thiophene rings is 2. The number of hydrogen-bond donors (Lipinski definition) is 0. The molecule has 0 aliphatic carbocycles. The zero-order valence-corrected chi connectivity index (χ0v) is 17.1. The Morgan fingerprint density at radius 2 is 2.00 bits per heavy atom. The number of fused-ring (bicyclic) bond motifs is 1.